The number of aromatic amines is 1. The molecule has 19 heavy (non-hydrogen) atoms. The summed E-state index contributed by atoms with van der Waals surface area (Å²) in [6.45, 7) is 2.05. The Morgan fingerprint density at radius 1 is 1.00 bits per heavy atom. The highest BCUT2D eigenvalue weighted by Crippen LogP contribution is 2.24. The van der Waals surface area contributed by atoms with Crippen LogP contribution in [-0.2, 0) is 0 Å². The van der Waals surface area contributed by atoms with Crippen molar-refractivity contribution >= 4 is 5.69 Å². The van der Waals surface area contributed by atoms with Gasteiger partial charge in [0, 0.05) is 16.8 Å². The summed E-state index contributed by atoms with van der Waals surface area (Å²) in [7, 11) is 0. The molecule has 0 radical (unpaired) electrons. The van der Waals surface area contributed by atoms with Crippen LogP contribution in [0.3, 0.4) is 0 Å². The van der Waals surface area contributed by atoms with E-state index in [2.05, 4.69) is 22.1 Å². The molecule has 1 heterocycles. The Kier molecular flexibility index (Phi) is 2.76. The zero-order chi connectivity index (χ0) is 13.2. The molecule has 4 nitrogen and oxygen atoms in total. The second kappa shape index (κ2) is 4.57. The Bertz CT molecular complexity index is 698. The van der Waals surface area contributed by atoms with Gasteiger partial charge in [0.2, 0.25) is 0 Å². The molecule has 0 aliphatic heterocycles. The molecule has 0 atom stereocenters. The number of nitrogen functional groups attached to an aromatic ring is 1. The van der Waals surface area contributed by atoms with Crippen molar-refractivity contribution in [2.45, 2.75) is 6.92 Å². The van der Waals surface area contributed by atoms with Crippen LogP contribution in [0, 0.1) is 6.92 Å². The van der Waals surface area contributed by atoms with Crippen LogP contribution < -0.4 is 5.73 Å². The summed E-state index contributed by atoms with van der Waals surface area (Å²) in [5.41, 5.74) is 9.69. The van der Waals surface area contributed by atoms with Crippen LogP contribution in [0.1, 0.15) is 5.56 Å². The molecule has 0 aliphatic rings. The number of H-pyrrole nitrogens is 1. The van der Waals surface area contributed by atoms with E-state index in [0.29, 0.717) is 17.3 Å². The molecular weight excluding hydrogens is 236 g/mol. The van der Waals surface area contributed by atoms with Crippen molar-refractivity contribution in [3.63, 3.8) is 0 Å². The summed E-state index contributed by atoms with van der Waals surface area (Å²) in [4.78, 5) is 4.49. The van der Waals surface area contributed by atoms with Gasteiger partial charge in [-0.05, 0) is 19.1 Å². The first kappa shape index (κ1) is 11.5. The van der Waals surface area contributed by atoms with Gasteiger partial charge in [-0.2, -0.15) is 5.10 Å². The van der Waals surface area contributed by atoms with E-state index in [4.69, 9.17) is 5.73 Å². The minimum absolute atomic E-state index is 0.679. The van der Waals surface area contributed by atoms with Gasteiger partial charge in [-0.25, -0.2) is 4.98 Å². The normalized spacial score (nSPS) is 10.6. The number of nitrogens with zero attached hydrogens (tertiary/aromatic N) is 2. The quantitative estimate of drug-likeness (QED) is 0.687. The van der Waals surface area contributed by atoms with Gasteiger partial charge < -0.3 is 5.73 Å². The van der Waals surface area contributed by atoms with Crippen LogP contribution in [0.4, 0.5) is 5.69 Å². The van der Waals surface area contributed by atoms with Crippen molar-refractivity contribution < 1.29 is 0 Å². The molecular formula is C15H14N4. The van der Waals surface area contributed by atoms with Crippen molar-refractivity contribution in [1.29, 1.82) is 0 Å². The Hall–Kier alpha value is -2.62. The van der Waals surface area contributed by atoms with E-state index in [1.54, 1.807) is 0 Å². The van der Waals surface area contributed by atoms with Crippen LogP contribution in [0.2, 0.25) is 0 Å². The molecule has 0 saturated heterocycles. The molecule has 2 aromatic carbocycles. The van der Waals surface area contributed by atoms with Crippen molar-refractivity contribution in [2.75, 3.05) is 5.73 Å². The predicted octanol–water partition coefficient (Wildman–Crippen LogP) is 3.03. The second-order valence-corrected chi connectivity index (χ2v) is 4.46. The third kappa shape index (κ3) is 2.20. The lowest BCUT2D eigenvalue weighted by atomic mass is 10.1. The van der Waals surface area contributed by atoms with Crippen molar-refractivity contribution in [3.8, 4) is 22.8 Å². The highest BCUT2D eigenvalue weighted by Gasteiger charge is 2.09. The van der Waals surface area contributed by atoms with Crippen molar-refractivity contribution in [3.05, 3.63) is 54.1 Å². The fraction of sp³-hybridized carbons (Fsp3) is 0.0667. The predicted molar refractivity (Wildman–Crippen MR) is 76.4 cm³/mol. The molecule has 0 unspecified atom stereocenters. The molecule has 0 saturated carbocycles. The van der Waals surface area contributed by atoms with Gasteiger partial charge in [0.25, 0.3) is 0 Å². The first-order valence-electron chi connectivity index (χ1n) is 6.08. The highest BCUT2D eigenvalue weighted by atomic mass is 15.2. The van der Waals surface area contributed by atoms with Gasteiger partial charge in [-0.1, -0.05) is 42.0 Å². The molecule has 1 aromatic heterocycles. The largest absolute Gasteiger partial charge is 0.398 e. The number of anilines is 1. The van der Waals surface area contributed by atoms with E-state index >= 15 is 0 Å². The molecule has 3 N–H and O–H groups in total. The summed E-state index contributed by atoms with van der Waals surface area (Å²) in [6.07, 6.45) is 0. The van der Waals surface area contributed by atoms with Crippen LogP contribution in [0.25, 0.3) is 22.8 Å². The minimum atomic E-state index is 0.679. The van der Waals surface area contributed by atoms with Crippen molar-refractivity contribution in [1.82, 2.24) is 15.2 Å². The molecule has 0 aliphatic carbocycles. The topological polar surface area (TPSA) is 67.6 Å². The van der Waals surface area contributed by atoms with Crippen LogP contribution in [0.15, 0.2) is 48.5 Å². The molecule has 3 aromatic rings. The van der Waals surface area contributed by atoms with Crippen LogP contribution in [0.5, 0.6) is 0 Å². The maximum Gasteiger partial charge on any atom is 0.181 e. The van der Waals surface area contributed by atoms with E-state index in [1.165, 1.54) is 5.56 Å². The molecule has 0 amide bonds. The standard InChI is InChI=1S/C15H14N4/c1-10-6-8-11(9-7-10)14-17-15(19-18-14)12-4-2-3-5-13(12)16/h2-9H,16H2,1H3,(H,17,18,19). The fourth-order valence-electron chi connectivity index (χ4n) is 1.93. The third-order valence-electron chi connectivity index (χ3n) is 3.01. The van der Waals surface area contributed by atoms with Gasteiger partial charge in [-0.3, -0.25) is 5.10 Å². The zero-order valence-electron chi connectivity index (χ0n) is 10.6. The smallest absolute Gasteiger partial charge is 0.181 e. The number of hydrogen-bond acceptors (Lipinski definition) is 3. The van der Waals surface area contributed by atoms with E-state index in [1.807, 2.05) is 48.5 Å². The van der Waals surface area contributed by atoms with Gasteiger partial charge in [0.05, 0.1) is 0 Å². The Labute approximate surface area is 111 Å². The van der Waals surface area contributed by atoms with E-state index in [0.717, 1.165) is 11.1 Å². The lowest BCUT2D eigenvalue weighted by Crippen LogP contribution is -1.90. The van der Waals surface area contributed by atoms with E-state index in [-0.39, 0.29) is 0 Å². The minimum Gasteiger partial charge on any atom is -0.398 e. The Morgan fingerprint density at radius 3 is 2.47 bits per heavy atom. The summed E-state index contributed by atoms with van der Waals surface area (Å²) >= 11 is 0. The lowest BCUT2D eigenvalue weighted by Gasteiger charge is -1.99. The number of nitrogens with one attached hydrogen (secondary N) is 1. The maximum absolute atomic E-state index is 5.93. The maximum atomic E-state index is 5.93. The van der Waals surface area contributed by atoms with Gasteiger partial charge in [-0.15, -0.1) is 0 Å². The number of benzene rings is 2. The number of rotatable bonds is 2. The highest BCUT2D eigenvalue weighted by molar-refractivity contribution is 5.72. The van der Waals surface area contributed by atoms with Gasteiger partial charge >= 0.3 is 0 Å². The van der Waals surface area contributed by atoms with Crippen molar-refractivity contribution in [2.24, 2.45) is 0 Å². The molecule has 94 valence electrons. The Balaban J connectivity index is 2.00. The van der Waals surface area contributed by atoms with Crippen LogP contribution >= 0.6 is 0 Å². The molecule has 3 rings (SSSR count). The molecule has 0 fully saturated rings. The SMILES string of the molecule is Cc1ccc(-c2n[nH]c(-c3ccccc3N)n2)cc1. The summed E-state index contributed by atoms with van der Waals surface area (Å²) in [5, 5.41) is 7.18. The average molecular weight is 250 g/mol. The Morgan fingerprint density at radius 2 is 1.74 bits per heavy atom. The fourth-order valence-corrected chi connectivity index (χ4v) is 1.93. The summed E-state index contributed by atoms with van der Waals surface area (Å²) in [6, 6.07) is 15.7. The number of nitrogens with two attached hydrogens (primary N) is 1. The first-order valence-corrected chi connectivity index (χ1v) is 6.08. The summed E-state index contributed by atoms with van der Waals surface area (Å²) in [5.74, 6) is 1.37. The average Bonchev–Trinajstić information content (AvgIpc) is 2.89. The zero-order valence-corrected chi connectivity index (χ0v) is 10.6. The molecule has 0 spiro atoms. The van der Waals surface area contributed by atoms with E-state index in [9.17, 15) is 0 Å². The van der Waals surface area contributed by atoms with Gasteiger partial charge in [0.15, 0.2) is 11.6 Å². The lowest BCUT2D eigenvalue weighted by molar-refractivity contribution is 1.10. The second-order valence-electron chi connectivity index (χ2n) is 4.46. The first-order chi connectivity index (χ1) is 9.24. The third-order valence-corrected chi connectivity index (χ3v) is 3.01. The number of hydrogen-bond donors (Lipinski definition) is 2. The number of aromatic nitrogens is 3. The number of aryl methyl sites for hydroxylation is 1. The molecule has 0 bridgehead atoms. The molecule has 4 heteroatoms. The number of para-hydroxylation sites is 1. The van der Waals surface area contributed by atoms with Gasteiger partial charge in [0.1, 0.15) is 0 Å². The van der Waals surface area contributed by atoms with E-state index < -0.39 is 0 Å². The summed E-state index contributed by atoms with van der Waals surface area (Å²) < 4.78 is 0. The monoisotopic (exact) mass is 250 g/mol. The van der Waals surface area contributed by atoms with Crippen LogP contribution in [-0.4, -0.2) is 15.2 Å².